The third-order valence-electron chi connectivity index (χ3n) is 1.82. The maximum absolute atomic E-state index is 5.23. The number of benzene rings is 1. The number of fused-ring (bicyclic) bond motifs is 1. The fourth-order valence-electron chi connectivity index (χ4n) is 1.18. The Bertz CT molecular complexity index is 403. The Morgan fingerprint density at radius 2 is 1.91 bits per heavy atom. The first-order valence-electron chi connectivity index (χ1n) is 3.52. The van der Waals surface area contributed by atoms with E-state index in [1.807, 2.05) is 30.3 Å². The highest BCUT2D eigenvalue weighted by Crippen LogP contribution is 2.43. The fourth-order valence-corrected chi connectivity index (χ4v) is 1.18. The Morgan fingerprint density at radius 1 is 1.09 bits per heavy atom. The molecule has 52 valence electrons. The van der Waals surface area contributed by atoms with Crippen LogP contribution in [0.25, 0.3) is 22.9 Å². The van der Waals surface area contributed by atoms with E-state index in [9.17, 15) is 0 Å². The van der Waals surface area contributed by atoms with Crippen molar-refractivity contribution in [1.82, 2.24) is 4.98 Å². The van der Waals surface area contributed by atoms with E-state index < -0.39 is 0 Å². The lowest BCUT2D eigenvalue weighted by Crippen LogP contribution is -1.77. The predicted molar refractivity (Wildman–Crippen MR) is 40.9 cm³/mol. The molecule has 0 radical (unpaired) electrons. The lowest BCUT2D eigenvalue weighted by molar-refractivity contribution is 0.570. The zero-order valence-corrected chi connectivity index (χ0v) is 5.74. The van der Waals surface area contributed by atoms with E-state index in [2.05, 4.69) is 4.98 Å². The Kier molecular flexibility index (Phi) is 0.714. The number of hydrogen-bond donors (Lipinski definition) is 0. The molecule has 0 amide bonds. The smallest absolute Gasteiger partial charge is 0.250 e. The Labute approximate surface area is 63.5 Å². The van der Waals surface area contributed by atoms with Crippen LogP contribution in [0.1, 0.15) is 0 Å². The van der Waals surface area contributed by atoms with E-state index in [4.69, 9.17) is 4.42 Å². The minimum atomic E-state index is 0.823. The average Bonchev–Trinajstić information content (AvgIpc) is 2.64. The summed E-state index contributed by atoms with van der Waals surface area (Å²) >= 11 is 0. The standard InChI is InChI=1S/C9H5NO/c1-2-4-6(5-3-1)8-7-9(10-7)11-8/h1-5H. The van der Waals surface area contributed by atoms with Crippen molar-refractivity contribution >= 4 is 0 Å². The van der Waals surface area contributed by atoms with Crippen LogP contribution in [0.3, 0.4) is 0 Å². The van der Waals surface area contributed by atoms with Crippen LogP contribution < -0.4 is 0 Å². The molecule has 0 aromatic heterocycles. The quantitative estimate of drug-likeness (QED) is 0.522. The minimum absolute atomic E-state index is 0.823. The average molecular weight is 143 g/mol. The molecule has 0 bridgehead atoms. The van der Waals surface area contributed by atoms with E-state index in [1.54, 1.807) is 0 Å². The monoisotopic (exact) mass is 143 g/mol. The second-order valence-electron chi connectivity index (χ2n) is 2.56. The molecule has 0 unspecified atom stereocenters. The molecule has 0 spiro atoms. The van der Waals surface area contributed by atoms with E-state index in [-0.39, 0.29) is 0 Å². The molecule has 11 heavy (non-hydrogen) atoms. The number of hydrogen-bond acceptors (Lipinski definition) is 2. The van der Waals surface area contributed by atoms with Gasteiger partial charge < -0.3 is 4.42 Å². The SMILES string of the molecule is c1ccc(-c2oc3nc2-3)cc1. The molecule has 1 aromatic carbocycles. The predicted octanol–water partition coefficient (Wildman–Crippen LogP) is 2.32. The summed E-state index contributed by atoms with van der Waals surface area (Å²) in [6.07, 6.45) is 0. The van der Waals surface area contributed by atoms with Crippen molar-refractivity contribution in [2.45, 2.75) is 0 Å². The zero-order valence-electron chi connectivity index (χ0n) is 5.74. The molecule has 0 fully saturated rings. The van der Waals surface area contributed by atoms with Gasteiger partial charge in [0.15, 0.2) is 11.5 Å². The van der Waals surface area contributed by atoms with Crippen molar-refractivity contribution in [3.8, 4) is 22.9 Å². The van der Waals surface area contributed by atoms with Gasteiger partial charge in [0.2, 0.25) is 0 Å². The van der Waals surface area contributed by atoms with Crippen molar-refractivity contribution in [3.63, 3.8) is 0 Å². The molecule has 0 atom stereocenters. The maximum Gasteiger partial charge on any atom is 0.250 e. The molecule has 0 N–H and O–H groups in total. The summed E-state index contributed by atoms with van der Waals surface area (Å²) in [5.74, 6) is 1.75. The van der Waals surface area contributed by atoms with Gasteiger partial charge in [-0.1, -0.05) is 30.3 Å². The number of nitrogens with zero attached hydrogens (tertiary/aromatic N) is 1. The van der Waals surface area contributed by atoms with Crippen molar-refractivity contribution in [2.75, 3.05) is 0 Å². The molecule has 0 saturated carbocycles. The molecule has 0 saturated heterocycles. The van der Waals surface area contributed by atoms with Gasteiger partial charge in [-0.25, -0.2) is 4.98 Å². The van der Waals surface area contributed by atoms with Gasteiger partial charge in [0.25, 0.3) is 5.89 Å². The molecule has 1 aromatic rings. The topological polar surface area (TPSA) is 26.0 Å². The molecule has 2 nitrogen and oxygen atoms in total. The van der Waals surface area contributed by atoms with Crippen LogP contribution >= 0.6 is 0 Å². The summed E-state index contributed by atoms with van der Waals surface area (Å²) in [4.78, 5) is 4.00. The second kappa shape index (κ2) is 1.53. The van der Waals surface area contributed by atoms with Crippen LogP contribution in [-0.2, 0) is 0 Å². The van der Waals surface area contributed by atoms with Crippen LogP contribution in [0.5, 0.6) is 0 Å². The first-order valence-corrected chi connectivity index (χ1v) is 3.52. The van der Waals surface area contributed by atoms with Gasteiger partial charge in [0.1, 0.15) is 0 Å². The molecule has 2 aliphatic heterocycles. The van der Waals surface area contributed by atoms with Crippen molar-refractivity contribution < 1.29 is 4.42 Å². The summed E-state index contributed by atoms with van der Waals surface area (Å²) < 4.78 is 5.23. The zero-order chi connectivity index (χ0) is 7.26. The lowest BCUT2D eigenvalue weighted by Gasteiger charge is -1.99. The van der Waals surface area contributed by atoms with Gasteiger partial charge in [-0.3, -0.25) is 0 Å². The number of rotatable bonds is 1. The number of oxazole rings is 1. The second-order valence-corrected chi connectivity index (χ2v) is 2.56. The van der Waals surface area contributed by atoms with E-state index in [1.165, 1.54) is 0 Å². The minimum Gasteiger partial charge on any atom is -0.434 e. The van der Waals surface area contributed by atoms with Crippen molar-refractivity contribution in [2.24, 2.45) is 0 Å². The van der Waals surface area contributed by atoms with Gasteiger partial charge >= 0.3 is 0 Å². The third kappa shape index (κ3) is 0.584. The van der Waals surface area contributed by atoms with E-state index >= 15 is 0 Å². The summed E-state index contributed by atoms with van der Waals surface area (Å²) in [6.45, 7) is 0. The fraction of sp³-hybridized carbons (Fsp3) is 0. The van der Waals surface area contributed by atoms with Crippen LogP contribution in [0.2, 0.25) is 0 Å². The Hall–Kier alpha value is -1.57. The van der Waals surface area contributed by atoms with Crippen molar-refractivity contribution in [3.05, 3.63) is 30.3 Å². The summed E-state index contributed by atoms with van der Waals surface area (Å²) in [5, 5.41) is 0. The molecule has 2 aliphatic rings. The molecular formula is C9H5NO. The molecular weight excluding hydrogens is 138 g/mol. The van der Waals surface area contributed by atoms with Gasteiger partial charge in [-0.15, -0.1) is 0 Å². The van der Waals surface area contributed by atoms with Gasteiger partial charge in [0, 0.05) is 5.56 Å². The first kappa shape index (κ1) is 5.13. The van der Waals surface area contributed by atoms with E-state index in [0.29, 0.717) is 0 Å². The third-order valence-corrected chi connectivity index (χ3v) is 1.82. The van der Waals surface area contributed by atoms with Crippen molar-refractivity contribution in [1.29, 1.82) is 0 Å². The maximum atomic E-state index is 5.23. The Balaban J connectivity index is 2.16. The Morgan fingerprint density at radius 3 is 2.45 bits per heavy atom. The highest BCUT2D eigenvalue weighted by atomic mass is 16.4. The largest absolute Gasteiger partial charge is 0.434 e. The number of aromatic nitrogens is 1. The molecule has 2 heterocycles. The highest BCUT2D eigenvalue weighted by molar-refractivity contribution is 5.83. The van der Waals surface area contributed by atoms with Crippen LogP contribution in [0.4, 0.5) is 0 Å². The van der Waals surface area contributed by atoms with Gasteiger partial charge in [-0.05, 0) is 0 Å². The molecule has 2 heteroatoms. The molecule has 3 rings (SSSR count). The van der Waals surface area contributed by atoms with Crippen LogP contribution in [0.15, 0.2) is 34.7 Å². The normalized spacial score (nSPS) is 11.6. The summed E-state index contributed by atoms with van der Waals surface area (Å²) in [7, 11) is 0. The summed E-state index contributed by atoms with van der Waals surface area (Å²) in [6, 6.07) is 10.0. The summed E-state index contributed by atoms with van der Waals surface area (Å²) in [5.41, 5.74) is 2.17. The van der Waals surface area contributed by atoms with Crippen LogP contribution in [0, 0.1) is 0 Å². The van der Waals surface area contributed by atoms with Gasteiger partial charge in [-0.2, -0.15) is 0 Å². The van der Waals surface area contributed by atoms with Gasteiger partial charge in [0.05, 0.1) is 0 Å². The lowest BCUT2D eigenvalue weighted by atomic mass is 10.1. The van der Waals surface area contributed by atoms with E-state index in [0.717, 1.165) is 22.9 Å². The van der Waals surface area contributed by atoms with Crippen LogP contribution in [-0.4, -0.2) is 4.98 Å². The first-order chi connectivity index (χ1) is 5.45. The molecule has 0 aliphatic carbocycles. The highest BCUT2D eigenvalue weighted by Gasteiger charge is 2.31.